The molecule has 2 aromatic heterocycles. The molecule has 0 fully saturated rings. The summed E-state index contributed by atoms with van der Waals surface area (Å²) in [6.45, 7) is 8.71. The van der Waals surface area contributed by atoms with Crippen LogP contribution in [0.15, 0.2) is 60.2 Å². The van der Waals surface area contributed by atoms with E-state index >= 15 is 0 Å². The molecule has 0 radical (unpaired) electrons. The van der Waals surface area contributed by atoms with E-state index in [0.29, 0.717) is 18.9 Å². The summed E-state index contributed by atoms with van der Waals surface area (Å²) in [6, 6.07) is 14.2. The molecule has 3 rings (SSSR count). The zero-order valence-corrected chi connectivity index (χ0v) is 18.7. The summed E-state index contributed by atoms with van der Waals surface area (Å²) in [4.78, 5) is 23.4. The highest BCUT2D eigenvalue weighted by Gasteiger charge is 2.18. The molecule has 30 heavy (non-hydrogen) atoms. The van der Waals surface area contributed by atoms with Gasteiger partial charge >= 0.3 is 0 Å². The first-order chi connectivity index (χ1) is 14.5. The van der Waals surface area contributed by atoms with Crippen LogP contribution in [-0.2, 0) is 4.79 Å². The summed E-state index contributed by atoms with van der Waals surface area (Å²) in [5.41, 5.74) is 4.07. The normalized spacial score (nSPS) is 11.6. The molecule has 5 nitrogen and oxygen atoms in total. The van der Waals surface area contributed by atoms with Gasteiger partial charge in [0.1, 0.15) is 5.82 Å². The van der Waals surface area contributed by atoms with Crippen LogP contribution >= 0.6 is 11.3 Å². The number of nitrogens with one attached hydrogen (secondary N) is 1. The van der Waals surface area contributed by atoms with Gasteiger partial charge in [-0.3, -0.25) is 9.69 Å². The van der Waals surface area contributed by atoms with Gasteiger partial charge in [-0.05, 0) is 43.0 Å². The Labute approximate surface area is 182 Å². The molecule has 1 aromatic carbocycles. The van der Waals surface area contributed by atoms with Gasteiger partial charge in [0, 0.05) is 36.3 Å². The Hall–Kier alpha value is -2.99. The number of nitrogens with zero attached hydrogens (tertiary/aromatic N) is 3. The summed E-state index contributed by atoms with van der Waals surface area (Å²) in [5, 5.41) is 5.97. The zero-order chi connectivity index (χ0) is 21.5. The maximum atomic E-state index is 12.5. The van der Waals surface area contributed by atoms with Crippen LogP contribution < -0.4 is 10.2 Å². The molecule has 0 atom stereocenters. The maximum absolute atomic E-state index is 12.5. The lowest BCUT2D eigenvalue weighted by Crippen LogP contribution is -2.31. The first-order valence-corrected chi connectivity index (χ1v) is 11.1. The molecule has 0 aliphatic carbocycles. The van der Waals surface area contributed by atoms with E-state index in [1.54, 1.807) is 4.90 Å². The summed E-state index contributed by atoms with van der Waals surface area (Å²) in [6.07, 6.45) is 4.29. The number of hydrogen-bond donors (Lipinski definition) is 1. The second-order valence-corrected chi connectivity index (χ2v) is 8.36. The Morgan fingerprint density at radius 2 is 1.93 bits per heavy atom. The predicted octanol–water partition coefficient (Wildman–Crippen LogP) is 6.08. The molecule has 0 bridgehead atoms. The van der Waals surface area contributed by atoms with Crippen molar-refractivity contribution in [2.45, 2.75) is 34.1 Å². The van der Waals surface area contributed by atoms with Crippen LogP contribution in [0.25, 0.3) is 16.7 Å². The second kappa shape index (κ2) is 10.2. The number of carbonyl (C=O) groups excluding carboxylic acids is 1. The van der Waals surface area contributed by atoms with Gasteiger partial charge in [0.05, 0.1) is 5.69 Å². The van der Waals surface area contributed by atoms with Gasteiger partial charge in [0.25, 0.3) is 0 Å². The number of amides is 1. The third-order valence-electron chi connectivity index (χ3n) is 4.63. The molecule has 2 heterocycles. The van der Waals surface area contributed by atoms with Gasteiger partial charge < -0.3 is 5.32 Å². The average molecular weight is 421 g/mol. The Morgan fingerprint density at radius 3 is 2.57 bits per heavy atom. The van der Waals surface area contributed by atoms with E-state index in [4.69, 9.17) is 0 Å². The highest BCUT2D eigenvalue weighted by atomic mass is 32.1. The van der Waals surface area contributed by atoms with Crippen LogP contribution in [0.1, 0.15) is 39.8 Å². The quantitative estimate of drug-likeness (QED) is 0.480. The number of anilines is 2. The van der Waals surface area contributed by atoms with Crippen molar-refractivity contribution in [2.75, 3.05) is 16.8 Å². The maximum Gasteiger partial charge on any atom is 0.229 e. The van der Waals surface area contributed by atoms with Crippen molar-refractivity contribution in [3.63, 3.8) is 0 Å². The van der Waals surface area contributed by atoms with Gasteiger partial charge in [-0.2, -0.15) is 0 Å². The van der Waals surface area contributed by atoms with Crippen molar-refractivity contribution in [2.24, 2.45) is 5.92 Å². The predicted molar refractivity (Wildman–Crippen MR) is 127 cm³/mol. The molecular formula is C24H28N4OS. The number of aromatic nitrogens is 2. The Balaban J connectivity index is 1.67. The molecule has 156 valence electrons. The molecule has 1 N–H and O–H groups in total. The Bertz CT molecular complexity index is 994. The van der Waals surface area contributed by atoms with Crippen LogP contribution in [0.3, 0.4) is 0 Å². The van der Waals surface area contributed by atoms with Crippen LogP contribution in [0, 0.1) is 5.92 Å². The monoisotopic (exact) mass is 420 g/mol. The number of thiazole rings is 1. The molecule has 0 spiro atoms. The summed E-state index contributed by atoms with van der Waals surface area (Å²) in [5.74, 6) is 1.22. The Morgan fingerprint density at radius 1 is 1.17 bits per heavy atom. The van der Waals surface area contributed by atoms with Gasteiger partial charge in [-0.25, -0.2) is 9.97 Å². The number of benzene rings is 1. The SMILES string of the molecule is CCN(C(=O)CC(C)C)c1nc(/C(C)=C/Nc2ccc(-c3ccccc3)cn2)cs1. The number of allylic oxidation sites excluding steroid dienone is 1. The van der Waals surface area contributed by atoms with E-state index in [-0.39, 0.29) is 5.91 Å². The van der Waals surface area contributed by atoms with Crippen molar-refractivity contribution < 1.29 is 4.79 Å². The van der Waals surface area contributed by atoms with Crippen molar-refractivity contribution in [1.29, 1.82) is 0 Å². The van der Waals surface area contributed by atoms with E-state index < -0.39 is 0 Å². The standard InChI is InChI=1S/C24H28N4OS/c1-5-28(23(29)13-17(2)3)24-27-21(16-30-24)18(4)14-25-22-12-11-20(15-26-22)19-9-7-6-8-10-19/h6-12,14-17H,5,13H2,1-4H3,(H,25,26)/b18-14+. The molecule has 3 aromatic rings. The average Bonchev–Trinajstić information content (AvgIpc) is 3.23. The summed E-state index contributed by atoms with van der Waals surface area (Å²) < 4.78 is 0. The van der Waals surface area contributed by atoms with Crippen molar-refractivity contribution >= 4 is 33.8 Å². The highest BCUT2D eigenvalue weighted by molar-refractivity contribution is 7.14. The lowest BCUT2D eigenvalue weighted by molar-refractivity contribution is -0.119. The lowest BCUT2D eigenvalue weighted by Gasteiger charge is -2.18. The fraction of sp³-hybridized carbons (Fsp3) is 0.292. The first-order valence-electron chi connectivity index (χ1n) is 10.2. The smallest absolute Gasteiger partial charge is 0.229 e. The number of pyridine rings is 1. The lowest BCUT2D eigenvalue weighted by atomic mass is 10.1. The molecule has 0 aliphatic rings. The van der Waals surface area contributed by atoms with Crippen LogP contribution in [0.5, 0.6) is 0 Å². The van der Waals surface area contributed by atoms with Crippen molar-refractivity contribution in [3.05, 3.63) is 65.9 Å². The first kappa shape index (κ1) is 21.7. The third-order valence-corrected chi connectivity index (χ3v) is 5.50. The summed E-state index contributed by atoms with van der Waals surface area (Å²) >= 11 is 1.50. The largest absolute Gasteiger partial charge is 0.346 e. The minimum atomic E-state index is 0.121. The van der Waals surface area contributed by atoms with E-state index in [1.807, 2.05) is 62.0 Å². The highest BCUT2D eigenvalue weighted by Crippen LogP contribution is 2.26. The Kier molecular flexibility index (Phi) is 7.36. The van der Waals surface area contributed by atoms with Crippen LogP contribution in [-0.4, -0.2) is 22.4 Å². The van der Waals surface area contributed by atoms with Crippen LogP contribution in [0.4, 0.5) is 10.9 Å². The molecule has 1 amide bonds. The number of hydrogen-bond acceptors (Lipinski definition) is 5. The second-order valence-electron chi connectivity index (χ2n) is 7.52. The fourth-order valence-corrected chi connectivity index (χ4v) is 3.95. The fourth-order valence-electron chi connectivity index (χ4n) is 2.98. The van der Waals surface area contributed by atoms with E-state index in [2.05, 4.69) is 41.3 Å². The minimum absolute atomic E-state index is 0.121. The van der Waals surface area contributed by atoms with E-state index in [9.17, 15) is 4.79 Å². The van der Waals surface area contributed by atoms with Crippen molar-refractivity contribution in [3.8, 4) is 11.1 Å². The topological polar surface area (TPSA) is 58.1 Å². The third kappa shape index (κ3) is 5.54. The van der Waals surface area contributed by atoms with Gasteiger partial charge in [-0.1, -0.05) is 44.2 Å². The van der Waals surface area contributed by atoms with E-state index in [1.165, 1.54) is 11.3 Å². The van der Waals surface area contributed by atoms with Crippen molar-refractivity contribution in [1.82, 2.24) is 9.97 Å². The molecule has 0 aliphatic heterocycles. The molecule has 0 saturated heterocycles. The zero-order valence-electron chi connectivity index (χ0n) is 17.9. The van der Waals surface area contributed by atoms with E-state index in [0.717, 1.165) is 33.3 Å². The molecule has 0 saturated carbocycles. The summed E-state index contributed by atoms with van der Waals surface area (Å²) in [7, 11) is 0. The molecule has 0 unspecified atom stereocenters. The molecular weight excluding hydrogens is 392 g/mol. The van der Waals surface area contributed by atoms with Gasteiger partial charge in [-0.15, -0.1) is 11.3 Å². The minimum Gasteiger partial charge on any atom is -0.346 e. The number of rotatable bonds is 8. The molecule has 6 heteroatoms. The van der Waals surface area contributed by atoms with Gasteiger partial charge in [0.2, 0.25) is 5.91 Å². The number of carbonyl (C=O) groups is 1. The van der Waals surface area contributed by atoms with Gasteiger partial charge in [0.15, 0.2) is 5.13 Å². The van der Waals surface area contributed by atoms with Crippen LogP contribution in [0.2, 0.25) is 0 Å².